The average molecular weight is 641 g/mol. The van der Waals surface area contributed by atoms with Gasteiger partial charge in [0.1, 0.15) is 18.5 Å². The number of carbonyl (C=O) groups is 5. The first-order valence-electron chi connectivity index (χ1n) is 14.2. The Hall–Kier alpha value is -3.49. The summed E-state index contributed by atoms with van der Waals surface area (Å²) in [4.78, 5) is 60.7. The SMILES string of the molecule is COC(=O)C(Cc1ccc(O[Si](C)(C)C(C)(C)C)cc1)O[C@H]1O[C@@H](COC(C)=O)[C@H](OC(C)=O)[C@@H](OC(C)=O)[C@@H]1OC(C)=O. The third-order valence-corrected chi connectivity index (χ3v) is 11.6. The van der Waals surface area contributed by atoms with E-state index in [-0.39, 0.29) is 11.5 Å². The molecule has 1 aromatic rings. The molecule has 0 radical (unpaired) electrons. The van der Waals surface area contributed by atoms with Gasteiger partial charge in [0.05, 0.1) is 7.11 Å². The standard InChI is InChI=1S/C30H44O13Si/c1-17(31)37-16-24-25(38-18(2)32)26(39-19(3)33)27(40-20(4)34)29(42-24)41-23(28(35)36-8)15-21-11-13-22(14-12-21)43-44(9,10)30(5,6)7/h11-14,23-27,29H,15-16H2,1-10H3/t23?,24-,25-,26+,27-,29-/m0/s1. The van der Waals surface area contributed by atoms with Crippen LogP contribution in [0.3, 0.4) is 0 Å². The third kappa shape index (κ3) is 10.6. The second kappa shape index (κ2) is 15.5. The fourth-order valence-electron chi connectivity index (χ4n) is 4.13. The highest BCUT2D eigenvalue weighted by Gasteiger charge is 2.53. The summed E-state index contributed by atoms with van der Waals surface area (Å²) in [6.07, 6.45) is -8.32. The van der Waals surface area contributed by atoms with Crippen molar-refractivity contribution in [3.63, 3.8) is 0 Å². The van der Waals surface area contributed by atoms with E-state index in [1.165, 1.54) is 14.0 Å². The Kier molecular flexibility index (Phi) is 12.9. The van der Waals surface area contributed by atoms with Crippen molar-refractivity contribution < 1.29 is 61.6 Å². The summed E-state index contributed by atoms with van der Waals surface area (Å²) in [6, 6.07) is 7.18. The molecule has 0 aliphatic carbocycles. The minimum atomic E-state index is -2.08. The van der Waals surface area contributed by atoms with E-state index in [0.717, 1.165) is 20.8 Å². The van der Waals surface area contributed by atoms with Gasteiger partial charge >= 0.3 is 29.8 Å². The molecule has 1 aliphatic rings. The van der Waals surface area contributed by atoms with Crippen LogP contribution in [0.4, 0.5) is 0 Å². The number of esters is 5. The van der Waals surface area contributed by atoms with E-state index in [4.69, 9.17) is 37.6 Å². The zero-order chi connectivity index (χ0) is 33.4. The van der Waals surface area contributed by atoms with Crippen molar-refractivity contribution in [3.8, 4) is 5.75 Å². The first-order valence-corrected chi connectivity index (χ1v) is 17.1. The first kappa shape index (κ1) is 36.7. The second-order valence-electron chi connectivity index (χ2n) is 11.9. The van der Waals surface area contributed by atoms with Gasteiger partial charge in [-0.2, -0.15) is 0 Å². The number of hydrogen-bond donors (Lipinski definition) is 0. The van der Waals surface area contributed by atoms with E-state index in [9.17, 15) is 24.0 Å². The van der Waals surface area contributed by atoms with E-state index in [2.05, 4.69) is 33.9 Å². The Morgan fingerprint density at radius 3 is 1.82 bits per heavy atom. The summed E-state index contributed by atoms with van der Waals surface area (Å²) in [5.74, 6) is -3.09. The number of hydrogen-bond acceptors (Lipinski definition) is 13. The molecule has 246 valence electrons. The number of carbonyl (C=O) groups excluding carboxylic acids is 5. The minimum absolute atomic E-state index is 0.000283. The third-order valence-electron chi connectivity index (χ3n) is 7.23. The Morgan fingerprint density at radius 1 is 0.818 bits per heavy atom. The zero-order valence-electron chi connectivity index (χ0n) is 27.0. The fourth-order valence-corrected chi connectivity index (χ4v) is 5.17. The summed E-state index contributed by atoms with van der Waals surface area (Å²) < 4.78 is 44.6. The number of methoxy groups -OCH3 is 1. The van der Waals surface area contributed by atoms with Gasteiger partial charge in [-0.1, -0.05) is 32.9 Å². The monoisotopic (exact) mass is 640 g/mol. The molecule has 1 unspecified atom stereocenters. The lowest BCUT2D eigenvalue weighted by molar-refractivity contribution is -0.315. The van der Waals surface area contributed by atoms with Crippen LogP contribution in [0.25, 0.3) is 0 Å². The molecular weight excluding hydrogens is 596 g/mol. The van der Waals surface area contributed by atoms with E-state index >= 15 is 0 Å². The van der Waals surface area contributed by atoms with Crippen LogP contribution in [0, 0.1) is 0 Å². The molecule has 1 fully saturated rings. The van der Waals surface area contributed by atoms with E-state index in [1.54, 1.807) is 24.3 Å². The normalized spacial score (nSPS) is 22.6. The van der Waals surface area contributed by atoms with E-state index < -0.39 is 81.6 Å². The topological polar surface area (TPSA) is 159 Å². The van der Waals surface area contributed by atoms with Gasteiger partial charge in [-0.05, 0) is 35.8 Å². The van der Waals surface area contributed by atoms with E-state index in [0.29, 0.717) is 11.3 Å². The number of benzene rings is 1. The predicted molar refractivity (Wildman–Crippen MR) is 157 cm³/mol. The molecular formula is C30H44O13Si. The minimum Gasteiger partial charge on any atom is -0.544 e. The molecule has 0 bridgehead atoms. The summed E-state index contributed by atoms with van der Waals surface area (Å²) in [6.45, 7) is 14.8. The summed E-state index contributed by atoms with van der Waals surface area (Å²) in [7, 11) is -0.897. The molecule has 13 nitrogen and oxygen atoms in total. The largest absolute Gasteiger partial charge is 0.544 e. The first-order chi connectivity index (χ1) is 20.3. The van der Waals surface area contributed by atoms with Crippen molar-refractivity contribution in [1.82, 2.24) is 0 Å². The molecule has 14 heteroatoms. The predicted octanol–water partition coefficient (Wildman–Crippen LogP) is 3.25. The van der Waals surface area contributed by atoms with Crippen LogP contribution in [0.15, 0.2) is 24.3 Å². The van der Waals surface area contributed by atoms with Gasteiger partial charge in [-0.3, -0.25) is 19.2 Å². The van der Waals surface area contributed by atoms with Crippen LogP contribution in [0.2, 0.25) is 18.1 Å². The lowest BCUT2D eigenvalue weighted by Gasteiger charge is -2.44. The smallest absolute Gasteiger partial charge is 0.335 e. The van der Waals surface area contributed by atoms with Crippen molar-refractivity contribution in [2.45, 2.75) is 110 Å². The van der Waals surface area contributed by atoms with Gasteiger partial charge in [0.15, 0.2) is 30.7 Å². The van der Waals surface area contributed by atoms with Crippen molar-refractivity contribution in [1.29, 1.82) is 0 Å². The molecule has 1 saturated heterocycles. The maximum absolute atomic E-state index is 12.9. The molecule has 0 spiro atoms. The van der Waals surface area contributed by atoms with Gasteiger partial charge < -0.3 is 37.6 Å². The molecule has 1 aromatic carbocycles. The molecule has 0 N–H and O–H groups in total. The van der Waals surface area contributed by atoms with Crippen LogP contribution >= 0.6 is 0 Å². The Balaban J connectivity index is 2.43. The molecule has 6 atom stereocenters. The highest BCUT2D eigenvalue weighted by Crippen LogP contribution is 2.37. The summed E-state index contributed by atoms with van der Waals surface area (Å²) in [5.41, 5.74) is 0.689. The van der Waals surface area contributed by atoms with Gasteiger partial charge in [0.2, 0.25) is 8.32 Å². The fraction of sp³-hybridized carbons (Fsp3) is 0.633. The second-order valence-corrected chi connectivity index (χ2v) is 16.7. The molecule has 0 amide bonds. The van der Waals surface area contributed by atoms with Crippen LogP contribution < -0.4 is 4.43 Å². The van der Waals surface area contributed by atoms with Gasteiger partial charge in [-0.15, -0.1) is 0 Å². The van der Waals surface area contributed by atoms with Gasteiger partial charge in [0, 0.05) is 34.1 Å². The van der Waals surface area contributed by atoms with Crippen molar-refractivity contribution in [2.24, 2.45) is 0 Å². The molecule has 1 heterocycles. The Morgan fingerprint density at radius 2 is 1.34 bits per heavy atom. The van der Waals surface area contributed by atoms with Crippen molar-refractivity contribution in [2.75, 3.05) is 13.7 Å². The van der Waals surface area contributed by atoms with Crippen LogP contribution in [-0.2, 0) is 63.6 Å². The molecule has 0 aromatic heterocycles. The molecule has 44 heavy (non-hydrogen) atoms. The maximum Gasteiger partial charge on any atom is 0.335 e. The summed E-state index contributed by atoms with van der Waals surface area (Å²) in [5, 5.41) is -0.000283. The zero-order valence-corrected chi connectivity index (χ0v) is 28.0. The lowest BCUT2D eigenvalue weighted by Crippen LogP contribution is -2.63. The van der Waals surface area contributed by atoms with Crippen LogP contribution in [0.5, 0.6) is 5.75 Å². The highest BCUT2D eigenvalue weighted by molar-refractivity contribution is 6.74. The van der Waals surface area contributed by atoms with Crippen LogP contribution in [0.1, 0.15) is 54.0 Å². The molecule has 2 rings (SSSR count). The summed E-state index contributed by atoms with van der Waals surface area (Å²) >= 11 is 0. The average Bonchev–Trinajstić information content (AvgIpc) is 2.89. The molecule has 1 aliphatic heterocycles. The van der Waals surface area contributed by atoms with E-state index in [1.807, 2.05) is 0 Å². The number of rotatable bonds is 12. The lowest BCUT2D eigenvalue weighted by atomic mass is 9.97. The number of ether oxygens (including phenoxy) is 7. The Labute approximate surface area is 258 Å². The van der Waals surface area contributed by atoms with Gasteiger partial charge in [0.25, 0.3) is 0 Å². The quantitative estimate of drug-likeness (QED) is 0.186. The Bertz CT molecular complexity index is 1170. The van der Waals surface area contributed by atoms with Crippen molar-refractivity contribution in [3.05, 3.63) is 29.8 Å². The van der Waals surface area contributed by atoms with Crippen molar-refractivity contribution >= 4 is 38.2 Å². The highest BCUT2D eigenvalue weighted by atomic mass is 28.4. The molecule has 0 saturated carbocycles. The van der Waals surface area contributed by atoms with Gasteiger partial charge in [-0.25, -0.2) is 4.79 Å². The van der Waals surface area contributed by atoms with Crippen LogP contribution in [-0.4, -0.2) is 88.7 Å². The maximum atomic E-state index is 12.9.